The van der Waals surface area contributed by atoms with Gasteiger partial charge in [0, 0.05) is 25.2 Å². The minimum atomic E-state index is -4.89. The van der Waals surface area contributed by atoms with Gasteiger partial charge < -0.3 is 44.6 Å². The third-order valence-electron chi connectivity index (χ3n) is 11.4. The van der Waals surface area contributed by atoms with Crippen LogP contribution in [0.5, 0.6) is 0 Å². The maximum Gasteiger partial charge on any atom is 0.472 e. The van der Waals surface area contributed by atoms with Crippen molar-refractivity contribution in [2.45, 2.75) is 218 Å². The number of hydrogen-bond donors (Lipinski definition) is 7. The number of ether oxygens (including phenoxy) is 2. The van der Waals surface area contributed by atoms with Crippen LogP contribution in [-0.4, -0.2) is 104 Å². The summed E-state index contributed by atoms with van der Waals surface area (Å²) >= 11 is 0. The zero-order chi connectivity index (χ0) is 46.9. The standard InChI is InChI=1S/C45H86O16P2/c1-4-5-19-25-37(46)29-30-41-40(42(48)31-43(41)49)26-21-17-18-23-28-45(51)61-39(35-60-63(55,56)59-33-38(47)32-58-62(52,53)54)34-57-44(50)27-22-16-14-12-10-8-6-7-9-11-13-15-20-24-36(2)3/h29-30,36-43,46-49H,4-28,31-35H2,1-3H3,(H,55,56)(H2,52,53,54)/b30-29+/t37-,38-,39+,40+,41+,42-,43+/m0/s1. The molecule has 0 aliphatic heterocycles. The van der Waals surface area contributed by atoms with E-state index in [1.54, 1.807) is 6.08 Å². The van der Waals surface area contributed by atoms with E-state index >= 15 is 0 Å². The first-order chi connectivity index (χ1) is 29.9. The van der Waals surface area contributed by atoms with Gasteiger partial charge in [-0.3, -0.25) is 23.2 Å². The normalized spacial score (nSPS) is 20.6. The van der Waals surface area contributed by atoms with Crippen LogP contribution in [-0.2, 0) is 41.8 Å². The molecule has 0 aromatic carbocycles. The molecule has 0 aromatic rings. The van der Waals surface area contributed by atoms with Crippen molar-refractivity contribution in [1.82, 2.24) is 0 Å². The SMILES string of the molecule is CCCCC[C@H](O)/C=C/[C@@H]1[C@@H](CCCCCCC(=O)O[C@H](COC(=O)CCCCCCCCCCCCCCCC(C)C)COP(=O)(O)OC[C@@H](O)COP(=O)(O)O)[C@@H](O)C[C@H]1O. The Balaban J connectivity index is 2.50. The highest BCUT2D eigenvalue weighted by Gasteiger charge is 2.39. The predicted molar refractivity (Wildman–Crippen MR) is 241 cm³/mol. The number of phosphoric ester groups is 2. The van der Waals surface area contributed by atoms with Crippen molar-refractivity contribution in [2.24, 2.45) is 17.8 Å². The number of unbranched alkanes of at least 4 members (excludes halogenated alkanes) is 17. The molecule has 1 aliphatic carbocycles. The number of aliphatic hydroxyl groups is 4. The van der Waals surface area contributed by atoms with Gasteiger partial charge in [0.2, 0.25) is 0 Å². The number of carbonyl (C=O) groups is 2. The smallest absolute Gasteiger partial charge is 0.462 e. The summed E-state index contributed by atoms with van der Waals surface area (Å²) in [4.78, 5) is 53.0. The van der Waals surface area contributed by atoms with Gasteiger partial charge in [-0.25, -0.2) is 9.13 Å². The second kappa shape index (κ2) is 35.9. The molecule has 372 valence electrons. The minimum Gasteiger partial charge on any atom is -0.462 e. The minimum absolute atomic E-state index is 0.00805. The topological polar surface area (TPSA) is 256 Å². The first kappa shape index (κ1) is 59.8. The lowest BCUT2D eigenvalue weighted by atomic mass is 9.88. The molecule has 1 fully saturated rings. The first-order valence-corrected chi connectivity index (χ1v) is 27.0. The Hall–Kier alpha value is -1.26. The molecule has 0 spiro atoms. The van der Waals surface area contributed by atoms with Crippen molar-refractivity contribution < 1.29 is 76.9 Å². The third-order valence-corrected chi connectivity index (χ3v) is 12.9. The van der Waals surface area contributed by atoms with E-state index < -0.39 is 84.5 Å². The van der Waals surface area contributed by atoms with Crippen molar-refractivity contribution in [3.05, 3.63) is 12.2 Å². The van der Waals surface area contributed by atoms with Crippen LogP contribution in [0.25, 0.3) is 0 Å². The molecule has 0 amide bonds. The monoisotopic (exact) mass is 945 g/mol. The number of esters is 2. The molecule has 63 heavy (non-hydrogen) atoms. The summed E-state index contributed by atoms with van der Waals surface area (Å²) in [6.45, 7) is 3.76. The molecule has 0 heterocycles. The molecular weight excluding hydrogens is 858 g/mol. The lowest BCUT2D eigenvalue weighted by Gasteiger charge is -2.21. The Morgan fingerprint density at radius 1 is 0.635 bits per heavy atom. The molecule has 0 saturated heterocycles. The zero-order valence-corrected chi connectivity index (χ0v) is 40.5. The molecule has 0 bridgehead atoms. The summed E-state index contributed by atoms with van der Waals surface area (Å²) in [6, 6.07) is 0. The van der Waals surface area contributed by atoms with Gasteiger partial charge in [-0.05, 0) is 37.5 Å². The van der Waals surface area contributed by atoms with E-state index in [1.807, 2.05) is 6.08 Å². The number of hydrogen-bond acceptors (Lipinski definition) is 13. The maximum atomic E-state index is 12.8. The van der Waals surface area contributed by atoms with Gasteiger partial charge >= 0.3 is 27.6 Å². The van der Waals surface area contributed by atoms with Crippen LogP contribution in [0, 0.1) is 17.8 Å². The second-order valence-electron chi connectivity index (χ2n) is 17.8. The number of phosphoric acid groups is 2. The van der Waals surface area contributed by atoms with Gasteiger partial charge in [-0.2, -0.15) is 0 Å². The molecule has 7 N–H and O–H groups in total. The number of carbonyl (C=O) groups excluding carboxylic acids is 2. The summed E-state index contributed by atoms with van der Waals surface area (Å²) < 4.78 is 47.9. The molecule has 1 rings (SSSR count). The predicted octanol–water partition coefficient (Wildman–Crippen LogP) is 8.75. The summed E-state index contributed by atoms with van der Waals surface area (Å²) in [7, 11) is -9.76. The van der Waals surface area contributed by atoms with Crippen molar-refractivity contribution in [3.63, 3.8) is 0 Å². The Labute approximate surface area is 378 Å². The van der Waals surface area contributed by atoms with Gasteiger partial charge in [-0.15, -0.1) is 0 Å². The van der Waals surface area contributed by atoms with Crippen molar-refractivity contribution in [3.8, 4) is 0 Å². The molecule has 8 atom stereocenters. The van der Waals surface area contributed by atoms with Crippen LogP contribution < -0.4 is 0 Å². The quantitative estimate of drug-likeness (QED) is 0.0131. The summed E-state index contributed by atoms with van der Waals surface area (Å²) in [5.41, 5.74) is 0. The first-order valence-electron chi connectivity index (χ1n) is 24.0. The Morgan fingerprint density at radius 2 is 1.14 bits per heavy atom. The molecular formula is C45H86O16P2. The maximum absolute atomic E-state index is 12.8. The largest absolute Gasteiger partial charge is 0.472 e. The molecule has 16 nitrogen and oxygen atoms in total. The summed E-state index contributed by atoms with van der Waals surface area (Å²) in [5, 5.41) is 41.2. The molecule has 0 aromatic heterocycles. The van der Waals surface area contributed by atoms with Crippen molar-refractivity contribution >= 4 is 27.6 Å². The lowest BCUT2D eigenvalue weighted by molar-refractivity contribution is -0.161. The van der Waals surface area contributed by atoms with Crippen LogP contribution >= 0.6 is 15.6 Å². The Bertz CT molecular complexity index is 1300. The Morgan fingerprint density at radius 3 is 1.71 bits per heavy atom. The summed E-state index contributed by atoms with van der Waals surface area (Å²) in [5.74, 6) is -0.756. The lowest BCUT2D eigenvalue weighted by Crippen LogP contribution is -2.30. The molecule has 1 aliphatic rings. The van der Waals surface area contributed by atoms with Crippen LogP contribution in [0.4, 0.5) is 0 Å². The highest BCUT2D eigenvalue weighted by Crippen LogP contribution is 2.44. The van der Waals surface area contributed by atoms with Crippen LogP contribution in [0.15, 0.2) is 12.2 Å². The van der Waals surface area contributed by atoms with E-state index in [9.17, 15) is 44.0 Å². The van der Waals surface area contributed by atoms with E-state index in [1.165, 1.54) is 64.2 Å². The molecule has 1 unspecified atom stereocenters. The van der Waals surface area contributed by atoms with Gasteiger partial charge in [0.15, 0.2) is 6.10 Å². The fourth-order valence-corrected chi connectivity index (χ4v) is 8.90. The highest BCUT2D eigenvalue weighted by molar-refractivity contribution is 7.47. The van der Waals surface area contributed by atoms with E-state index in [4.69, 9.17) is 28.3 Å². The van der Waals surface area contributed by atoms with E-state index in [0.29, 0.717) is 32.1 Å². The third kappa shape index (κ3) is 33.8. The fraction of sp³-hybridized carbons (Fsp3) is 0.911. The second-order valence-corrected chi connectivity index (χ2v) is 20.5. The van der Waals surface area contributed by atoms with Gasteiger partial charge in [-0.1, -0.05) is 155 Å². The van der Waals surface area contributed by atoms with E-state index in [2.05, 4.69) is 25.3 Å². The number of aliphatic hydroxyl groups excluding tert-OH is 4. The zero-order valence-electron chi connectivity index (χ0n) is 38.7. The van der Waals surface area contributed by atoms with Gasteiger partial charge in [0.05, 0.1) is 38.1 Å². The van der Waals surface area contributed by atoms with Crippen molar-refractivity contribution in [1.29, 1.82) is 0 Å². The summed E-state index contributed by atoms with van der Waals surface area (Å²) in [6.07, 6.45) is 22.7. The van der Waals surface area contributed by atoms with Gasteiger partial charge in [0.1, 0.15) is 12.7 Å². The molecule has 18 heteroatoms. The van der Waals surface area contributed by atoms with Crippen LogP contribution in [0.1, 0.15) is 188 Å². The highest BCUT2D eigenvalue weighted by atomic mass is 31.2. The van der Waals surface area contributed by atoms with Crippen LogP contribution in [0.2, 0.25) is 0 Å². The Kier molecular flexibility index (Phi) is 34.0. The van der Waals surface area contributed by atoms with E-state index in [-0.39, 0.29) is 31.1 Å². The fourth-order valence-electron chi connectivity index (χ4n) is 7.75. The molecule has 1 saturated carbocycles. The number of rotatable bonds is 41. The average Bonchev–Trinajstić information content (AvgIpc) is 3.49. The average molecular weight is 945 g/mol. The molecule has 0 radical (unpaired) electrons. The van der Waals surface area contributed by atoms with Gasteiger partial charge in [0.25, 0.3) is 0 Å². The van der Waals surface area contributed by atoms with Crippen molar-refractivity contribution in [2.75, 3.05) is 26.4 Å². The van der Waals surface area contributed by atoms with E-state index in [0.717, 1.165) is 57.3 Å². The van der Waals surface area contributed by atoms with Crippen LogP contribution in [0.3, 0.4) is 0 Å².